The van der Waals surface area contributed by atoms with Gasteiger partial charge in [-0.15, -0.1) is 0 Å². The molecule has 0 radical (unpaired) electrons. The normalized spacial score (nSPS) is 13.1. The number of ether oxygens (including phenoxy) is 2. The second-order valence-electron chi connectivity index (χ2n) is 4.85. The van der Waals surface area contributed by atoms with Gasteiger partial charge in [0.05, 0.1) is 10.7 Å². The van der Waals surface area contributed by atoms with Gasteiger partial charge < -0.3 is 14.8 Å². The number of benzene rings is 2. The molecular formula is C17H13Cl2NO3. The molecule has 0 fully saturated rings. The minimum atomic E-state index is -0.293. The lowest BCUT2D eigenvalue weighted by atomic mass is 10.2. The van der Waals surface area contributed by atoms with Crippen molar-refractivity contribution >= 4 is 40.9 Å². The fourth-order valence-corrected chi connectivity index (χ4v) is 2.41. The third-order valence-electron chi connectivity index (χ3n) is 3.19. The van der Waals surface area contributed by atoms with Crippen LogP contribution in [0.15, 0.2) is 42.5 Å². The summed E-state index contributed by atoms with van der Waals surface area (Å²) in [5.74, 6) is 0.854. The Morgan fingerprint density at radius 3 is 2.39 bits per heavy atom. The van der Waals surface area contributed by atoms with E-state index in [4.69, 9.17) is 32.7 Å². The molecule has 1 amide bonds. The Morgan fingerprint density at radius 1 is 1.04 bits per heavy atom. The number of rotatable bonds is 3. The van der Waals surface area contributed by atoms with Gasteiger partial charge in [0, 0.05) is 23.2 Å². The predicted molar refractivity (Wildman–Crippen MR) is 91.6 cm³/mol. The van der Waals surface area contributed by atoms with Crippen LogP contribution in [0.1, 0.15) is 5.56 Å². The topological polar surface area (TPSA) is 47.6 Å². The Labute approximate surface area is 143 Å². The second-order valence-corrected chi connectivity index (χ2v) is 5.69. The van der Waals surface area contributed by atoms with Crippen molar-refractivity contribution in [2.75, 3.05) is 18.5 Å². The zero-order chi connectivity index (χ0) is 16.2. The molecule has 0 atom stereocenters. The number of hydrogen-bond acceptors (Lipinski definition) is 3. The van der Waals surface area contributed by atoms with Crippen molar-refractivity contribution < 1.29 is 14.3 Å². The van der Waals surface area contributed by atoms with Gasteiger partial charge in [-0.3, -0.25) is 4.79 Å². The Balaban J connectivity index is 1.71. The van der Waals surface area contributed by atoms with Crippen LogP contribution in [0, 0.1) is 0 Å². The van der Waals surface area contributed by atoms with Crippen LogP contribution >= 0.6 is 23.2 Å². The molecular weight excluding hydrogens is 337 g/mol. The van der Waals surface area contributed by atoms with Gasteiger partial charge in [0.2, 0.25) is 5.91 Å². The summed E-state index contributed by atoms with van der Waals surface area (Å²) in [5, 5.41) is 3.76. The molecule has 23 heavy (non-hydrogen) atoms. The van der Waals surface area contributed by atoms with E-state index in [2.05, 4.69) is 5.32 Å². The second kappa shape index (κ2) is 6.94. The van der Waals surface area contributed by atoms with E-state index < -0.39 is 0 Å². The molecule has 2 aromatic carbocycles. The molecule has 0 spiro atoms. The molecule has 0 aliphatic carbocycles. The van der Waals surface area contributed by atoms with E-state index in [0.717, 1.165) is 5.56 Å². The van der Waals surface area contributed by atoms with Crippen molar-refractivity contribution in [2.24, 2.45) is 0 Å². The summed E-state index contributed by atoms with van der Waals surface area (Å²) < 4.78 is 10.9. The molecule has 0 aromatic heterocycles. The molecule has 0 saturated carbocycles. The van der Waals surface area contributed by atoms with E-state index in [9.17, 15) is 4.79 Å². The molecule has 0 bridgehead atoms. The van der Waals surface area contributed by atoms with Crippen molar-refractivity contribution in [1.82, 2.24) is 0 Å². The first kappa shape index (κ1) is 15.7. The van der Waals surface area contributed by atoms with Crippen LogP contribution in [0.5, 0.6) is 11.5 Å². The maximum absolute atomic E-state index is 12.0. The fourth-order valence-electron chi connectivity index (χ4n) is 2.08. The van der Waals surface area contributed by atoms with Gasteiger partial charge >= 0.3 is 0 Å². The molecule has 1 heterocycles. The number of carbonyl (C=O) groups is 1. The van der Waals surface area contributed by atoms with Gasteiger partial charge in [-0.25, -0.2) is 0 Å². The molecule has 4 nitrogen and oxygen atoms in total. The van der Waals surface area contributed by atoms with Crippen LogP contribution in [0.2, 0.25) is 10.0 Å². The van der Waals surface area contributed by atoms with Gasteiger partial charge in [-0.05, 0) is 23.8 Å². The minimum Gasteiger partial charge on any atom is -0.486 e. The zero-order valence-corrected chi connectivity index (χ0v) is 13.5. The standard InChI is InChI=1S/C17H13Cl2NO3/c18-12-4-1-11(2-5-12)3-6-17(21)20-14-10-16-15(9-13(14)19)22-7-8-23-16/h1-6,9-10H,7-8H2,(H,20,21)/b6-3+. The lowest BCUT2D eigenvalue weighted by molar-refractivity contribution is -0.111. The first-order chi connectivity index (χ1) is 11.1. The molecule has 6 heteroatoms. The molecule has 1 N–H and O–H groups in total. The maximum atomic E-state index is 12.0. The largest absolute Gasteiger partial charge is 0.486 e. The lowest BCUT2D eigenvalue weighted by Gasteiger charge is -2.19. The van der Waals surface area contributed by atoms with Gasteiger partial charge in [0.15, 0.2) is 11.5 Å². The van der Waals surface area contributed by atoms with Crippen molar-refractivity contribution in [2.45, 2.75) is 0 Å². The third kappa shape index (κ3) is 3.97. The van der Waals surface area contributed by atoms with E-state index in [-0.39, 0.29) is 5.91 Å². The number of fused-ring (bicyclic) bond motifs is 1. The van der Waals surface area contributed by atoms with Crippen molar-refractivity contribution in [3.8, 4) is 11.5 Å². The highest BCUT2D eigenvalue weighted by molar-refractivity contribution is 6.34. The van der Waals surface area contributed by atoms with E-state index >= 15 is 0 Å². The summed E-state index contributed by atoms with van der Waals surface area (Å²) in [7, 11) is 0. The molecule has 2 aromatic rings. The fraction of sp³-hybridized carbons (Fsp3) is 0.118. The number of nitrogens with one attached hydrogen (secondary N) is 1. The Hall–Kier alpha value is -2.17. The minimum absolute atomic E-state index is 0.293. The van der Waals surface area contributed by atoms with E-state index in [1.807, 2.05) is 12.1 Å². The van der Waals surface area contributed by atoms with E-state index in [1.54, 1.807) is 30.3 Å². The third-order valence-corrected chi connectivity index (χ3v) is 3.75. The monoisotopic (exact) mass is 349 g/mol. The summed E-state index contributed by atoms with van der Waals surface area (Å²) in [6.07, 6.45) is 3.12. The number of amides is 1. The van der Waals surface area contributed by atoms with Crippen LogP contribution in [0.25, 0.3) is 6.08 Å². The Morgan fingerprint density at radius 2 is 1.70 bits per heavy atom. The number of hydrogen-bond donors (Lipinski definition) is 1. The number of anilines is 1. The quantitative estimate of drug-likeness (QED) is 0.834. The van der Waals surface area contributed by atoms with Crippen LogP contribution in [0.3, 0.4) is 0 Å². The summed E-state index contributed by atoms with van der Waals surface area (Å²) >= 11 is 12.0. The van der Waals surface area contributed by atoms with Crippen LogP contribution in [-0.2, 0) is 4.79 Å². The highest BCUT2D eigenvalue weighted by atomic mass is 35.5. The Bertz CT molecular complexity index is 757. The van der Waals surface area contributed by atoms with Gasteiger partial charge in [-0.1, -0.05) is 35.3 Å². The molecule has 1 aliphatic rings. The van der Waals surface area contributed by atoms with Crippen molar-refractivity contribution in [3.63, 3.8) is 0 Å². The van der Waals surface area contributed by atoms with Crippen LogP contribution in [0.4, 0.5) is 5.69 Å². The van der Waals surface area contributed by atoms with Gasteiger partial charge in [0.25, 0.3) is 0 Å². The first-order valence-corrected chi connectivity index (χ1v) is 7.71. The van der Waals surface area contributed by atoms with Crippen LogP contribution in [-0.4, -0.2) is 19.1 Å². The van der Waals surface area contributed by atoms with Gasteiger partial charge in [0.1, 0.15) is 13.2 Å². The summed E-state index contributed by atoms with van der Waals surface area (Å²) in [6, 6.07) is 10.5. The highest BCUT2D eigenvalue weighted by Crippen LogP contribution is 2.37. The Kier molecular flexibility index (Phi) is 4.74. The maximum Gasteiger partial charge on any atom is 0.248 e. The first-order valence-electron chi connectivity index (χ1n) is 6.95. The van der Waals surface area contributed by atoms with Crippen molar-refractivity contribution in [3.05, 3.63) is 58.1 Å². The molecule has 1 aliphatic heterocycles. The zero-order valence-electron chi connectivity index (χ0n) is 12.0. The summed E-state index contributed by atoms with van der Waals surface area (Å²) in [4.78, 5) is 12.0. The lowest BCUT2D eigenvalue weighted by Crippen LogP contribution is -2.16. The van der Waals surface area contributed by atoms with Crippen LogP contribution < -0.4 is 14.8 Å². The molecule has 3 rings (SSSR count). The number of carbonyl (C=O) groups excluding carboxylic acids is 1. The van der Waals surface area contributed by atoms with E-state index in [1.165, 1.54) is 6.08 Å². The SMILES string of the molecule is O=C(/C=C/c1ccc(Cl)cc1)Nc1cc2c(cc1Cl)OCCO2. The smallest absolute Gasteiger partial charge is 0.248 e. The molecule has 0 saturated heterocycles. The number of halogens is 2. The molecule has 118 valence electrons. The molecule has 0 unspecified atom stereocenters. The van der Waals surface area contributed by atoms with E-state index in [0.29, 0.717) is 40.4 Å². The van der Waals surface area contributed by atoms with Crippen molar-refractivity contribution in [1.29, 1.82) is 0 Å². The highest BCUT2D eigenvalue weighted by Gasteiger charge is 2.15. The summed E-state index contributed by atoms with van der Waals surface area (Å²) in [6.45, 7) is 0.956. The predicted octanol–water partition coefficient (Wildman–Crippen LogP) is 4.42. The summed E-state index contributed by atoms with van der Waals surface area (Å²) in [5.41, 5.74) is 1.35. The average molecular weight is 350 g/mol. The average Bonchev–Trinajstić information content (AvgIpc) is 2.55. The van der Waals surface area contributed by atoms with Gasteiger partial charge in [-0.2, -0.15) is 0 Å².